The second-order valence-electron chi connectivity index (χ2n) is 5.38. The van der Waals surface area contributed by atoms with E-state index >= 15 is 0 Å². The molecule has 3 atom stereocenters. The van der Waals surface area contributed by atoms with E-state index in [9.17, 15) is 5.11 Å². The van der Waals surface area contributed by atoms with Crippen LogP contribution in [-0.4, -0.2) is 15.6 Å². The van der Waals surface area contributed by atoms with Crippen LogP contribution in [0.2, 0.25) is 0 Å². The highest BCUT2D eigenvalue weighted by Crippen LogP contribution is 2.70. The first-order valence-electron chi connectivity index (χ1n) is 6.44. The summed E-state index contributed by atoms with van der Waals surface area (Å²) in [5.74, 6) is 0. The highest BCUT2D eigenvalue weighted by molar-refractivity contribution is 14.1. The summed E-state index contributed by atoms with van der Waals surface area (Å²) in [6, 6.07) is 10.5. The molecule has 0 amide bonds. The molecule has 2 rings (SSSR count). The normalized spacial score (nSPS) is 35.9. The zero-order valence-corrected chi connectivity index (χ0v) is 12.8. The molecule has 2 heteroatoms. The van der Waals surface area contributed by atoms with Gasteiger partial charge in [-0.05, 0) is 17.4 Å². The van der Waals surface area contributed by atoms with Gasteiger partial charge in [-0.15, -0.1) is 0 Å². The molecule has 1 aromatic rings. The number of aliphatic hydroxyl groups excluding tert-OH is 1. The van der Waals surface area contributed by atoms with Crippen LogP contribution in [0.3, 0.4) is 0 Å². The molecular formula is C15H21IO. The topological polar surface area (TPSA) is 20.2 Å². The molecule has 1 aliphatic carbocycles. The second-order valence-corrected chi connectivity index (χ2v) is 6.62. The third kappa shape index (κ3) is 1.84. The molecule has 17 heavy (non-hydrogen) atoms. The van der Waals surface area contributed by atoms with E-state index in [0.717, 1.165) is 0 Å². The fraction of sp³-hybridized carbons (Fsp3) is 0.600. The molecule has 1 unspecified atom stereocenters. The first kappa shape index (κ1) is 13.3. The van der Waals surface area contributed by atoms with Crippen molar-refractivity contribution in [3.8, 4) is 0 Å². The maximum Gasteiger partial charge on any atom is 0.0543 e. The van der Waals surface area contributed by atoms with E-state index in [2.05, 4.69) is 60.7 Å². The molecule has 1 N–H and O–H groups in total. The smallest absolute Gasteiger partial charge is 0.0543 e. The van der Waals surface area contributed by atoms with Crippen LogP contribution >= 0.6 is 22.6 Å². The zero-order chi connectivity index (χ0) is 12.5. The highest BCUT2D eigenvalue weighted by Gasteiger charge is 2.72. The summed E-state index contributed by atoms with van der Waals surface area (Å²) in [6.45, 7) is 4.84. The Morgan fingerprint density at radius 2 is 1.94 bits per heavy atom. The van der Waals surface area contributed by atoms with E-state index in [1.54, 1.807) is 0 Å². The Labute approximate surface area is 118 Å². The quantitative estimate of drug-likeness (QED) is 0.634. The lowest BCUT2D eigenvalue weighted by atomic mass is 9.85. The van der Waals surface area contributed by atoms with Crippen LogP contribution in [0.25, 0.3) is 0 Å². The number of halogens is 1. The summed E-state index contributed by atoms with van der Waals surface area (Å²) < 4.78 is 0.548. The van der Waals surface area contributed by atoms with Gasteiger partial charge >= 0.3 is 0 Å². The van der Waals surface area contributed by atoms with E-state index in [-0.39, 0.29) is 17.4 Å². The first-order chi connectivity index (χ1) is 8.13. The summed E-state index contributed by atoms with van der Waals surface area (Å²) in [7, 11) is 0. The van der Waals surface area contributed by atoms with Gasteiger partial charge in [0.25, 0.3) is 0 Å². The van der Waals surface area contributed by atoms with E-state index in [0.29, 0.717) is 3.92 Å². The second kappa shape index (κ2) is 4.88. The fourth-order valence-corrected chi connectivity index (χ4v) is 5.11. The van der Waals surface area contributed by atoms with Gasteiger partial charge in [-0.2, -0.15) is 0 Å². The van der Waals surface area contributed by atoms with Gasteiger partial charge in [-0.1, -0.05) is 79.6 Å². The molecule has 94 valence electrons. The monoisotopic (exact) mass is 344 g/mol. The molecule has 0 aliphatic heterocycles. The molecule has 0 radical (unpaired) electrons. The number of unbranched alkanes of at least 4 members (excludes halogenated alkanes) is 1. The minimum absolute atomic E-state index is 0.00993. The number of rotatable bonds is 5. The van der Waals surface area contributed by atoms with E-state index in [1.807, 2.05) is 6.07 Å². The third-order valence-corrected chi connectivity index (χ3v) is 6.95. The van der Waals surface area contributed by atoms with Crippen molar-refractivity contribution in [2.75, 3.05) is 6.61 Å². The van der Waals surface area contributed by atoms with Gasteiger partial charge in [-0.3, -0.25) is 0 Å². The number of hydrogen-bond acceptors (Lipinski definition) is 1. The molecule has 0 saturated heterocycles. The van der Waals surface area contributed by atoms with E-state index in [1.165, 1.54) is 24.8 Å². The summed E-state index contributed by atoms with van der Waals surface area (Å²) in [4.78, 5) is 0. The predicted octanol–water partition coefficient (Wildman–Crippen LogP) is 3.93. The summed E-state index contributed by atoms with van der Waals surface area (Å²) >= 11 is 2.53. The van der Waals surface area contributed by atoms with E-state index in [4.69, 9.17) is 0 Å². The van der Waals surface area contributed by atoms with Gasteiger partial charge in [-0.25, -0.2) is 0 Å². The third-order valence-electron chi connectivity index (χ3n) is 4.52. The van der Waals surface area contributed by atoms with Crippen LogP contribution < -0.4 is 0 Å². The molecule has 0 aromatic heterocycles. The van der Waals surface area contributed by atoms with Crippen LogP contribution in [0.15, 0.2) is 30.3 Å². The molecule has 0 spiro atoms. The van der Waals surface area contributed by atoms with Gasteiger partial charge in [0, 0.05) is 9.34 Å². The Morgan fingerprint density at radius 3 is 2.47 bits per heavy atom. The maximum absolute atomic E-state index is 9.91. The summed E-state index contributed by atoms with van der Waals surface area (Å²) in [6.07, 6.45) is 3.70. The summed E-state index contributed by atoms with van der Waals surface area (Å²) in [5.41, 5.74) is 1.56. The predicted molar refractivity (Wildman–Crippen MR) is 80.6 cm³/mol. The standard InChI is InChI=1S/C15H21IO/c1-3-4-10-14(2)13(16)15(14,11-17)12-8-6-5-7-9-12/h5-9,13,17H,3-4,10-11H2,1-2H3/t13?,14-,15+/m1/s1. The van der Waals surface area contributed by atoms with Gasteiger partial charge in [0.05, 0.1) is 6.61 Å². The van der Waals surface area contributed by atoms with Crippen molar-refractivity contribution in [1.82, 2.24) is 0 Å². The zero-order valence-electron chi connectivity index (χ0n) is 10.6. The van der Waals surface area contributed by atoms with Crippen molar-refractivity contribution in [1.29, 1.82) is 0 Å². The Hall–Kier alpha value is -0.0900. The van der Waals surface area contributed by atoms with Crippen molar-refractivity contribution >= 4 is 22.6 Å². The minimum atomic E-state index is -0.00993. The highest BCUT2D eigenvalue weighted by atomic mass is 127. The first-order valence-corrected chi connectivity index (χ1v) is 7.68. The number of hydrogen-bond donors (Lipinski definition) is 1. The van der Waals surface area contributed by atoms with Gasteiger partial charge in [0.15, 0.2) is 0 Å². The molecule has 0 heterocycles. The molecule has 1 aromatic carbocycles. The minimum Gasteiger partial charge on any atom is -0.395 e. The SMILES string of the molecule is CCCC[C@]1(C)C(I)[C@]1(CO)c1ccccc1. The Bertz CT molecular complexity index is 378. The largest absolute Gasteiger partial charge is 0.395 e. The molecule has 1 aliphatic rings. The van der Waals surface area contributed by atoms with Crippen LogP contribution in [0.4, 0.5) is 0 Å². The molecule has 1 nitrogen and oxygen atoms in total. The van der Waals surface area contributed by atoms with Gasteiger partial charge < -0.3 is 5.11 Å². The van der Waals surface area contributed by atoms with Gasteiger partial charge in [0.1, 0.15) is 0 Å². The van der Waals surface area contributed by atoms with Crippen LogP contribution in [0, 0.1) is 5.41 Å². The Morgan fingerprint density at radius 1 is 1.29 bits per heavy atom. The maximum atomic E-state index is 9.91. The van der Waals surface area contributed by atoms with Crippen molar-refractivity contribution in [2.24, 2.45) is 5.41 Å². The van der Waals surface area contributed by atoms with Crippen molar-refractivity contribution in [2.45, 2.75) is 42.4 Å². The number of alkyl halides is 1. The lowest BCUT2D eigenvalue weighted by Crippen LogP contribution is -2.21. The lowest BCUT2D eigenvalue weighted by Gasteiger charge is -2.20. The summed E-state index contributed by atoms with van der Waals surface area (Å²) in [5, 5.41) is 9.91. The van der Waals surface area contributed by atoms with Gasteiger partial charge in [0.2, 0.25) is 0 Å². The Kier molecular flexibility index (Phi) is 3.83. The fourth-order valence-electron chi connectivity index (χ4n) is 3.16. The molecule has 1 fully saturated rings. The average molecular weight is 344 g/mol. The van der Waals surface area contributed by atoms with Crippen LogP contribution in [0.1, 0.15) is 38.7 Å². The number of benzene rings is 1. The Balaban J connectivity index is 2.29. The van der Waals surface area contributed by atoms with Crippen molar-refractivity contribution in [3.63, 3.8) is 0 Å². The average Bonchev–Trinajstić information content (AvgIpc) is 2.86. The number of aliphatic hydroxyl groups is 1. The van der Waals surface area contributed by atoms with Crippen LogP contribution in [-0.2, 0) is 5.41 Å². The molecule has 1 saturated carbocycles. The molecule has 0 bridgehead atoms. The van der Waals surface area contributed by atoms with Crippen LogP contribution in [0.5, 0.6) is 0 Å². The van der Waals surface area contributed by atoms with Crippen molar-refractivity contribution < 1.29 is 5.11 Å². The lowest BCUT2D eigenvalue weighted by molar-refractivity contribution is 0.221. The van der Waals surface area contributed by atoms with E-state index < -0.39 is 0 Å². The molecular weight excluding hydrogens is 323 g/mol. The van der Waals surface area contributed by atoms with Crippen molar-refractivity contribution in [3.05, 3.63) is 35.9 Å².